The number of nitrogen functional groups attached to an aromatic ring is 1. The van der Waals surface area contributed by atoms with Crippen LogP contribution in [0.15, 0.2) is 33.9 Å². The molecule has 0 aliphatic rings. The molecular weight excluding hydrogens is 414 g/mol. The molecule has 0 aliphatic heterocycles. The molecule has 1 aromatic heterocycles. The predicted molar refractivity (Wildman–Crippen MR) is 110 cm³/mol. The zero-order valence-corrected chi connectivity index (χ0v) is 17.8. The van der Waals surface area contributed by atoms with Crippen molar-refractivity contribution in [1.82, 2.24) is 20.2 Å². The molecule has 142 valence electrons. The molecule has 2 rings (SSSR count). The number of thioether (sulfide) groups is 1. The van der Waals surface area contributed by atoms with E-state index < -0.39 is 0 Å². The summed E-state index contributed by atoms with van der Waals surface area (Å²) in [6.07, 6.45) is 3.30. The van der Waals surface area contributed by atoms with Gasteiger partial charge in [0.2, 0.25) is 11.1 Å². The van der Waals surface area contributed by atoms with Gasteiger partial charge < -0.3 is 11.2 Å². The number of halogens is 1. The van der Waals surface area contributed by atoms with Crippen molar-refractivity contribution in [1.29, 1.82) is 0 Å². The van der Waals surface area contributed by atoms with E-state index in [1.807, 2.05) is 31.2 Å². The Balaban J connectivity index is 1.86. The second kappa shape index (κ2) is 9.97. The van der Waals surface area contributed by atoms with Crippen molar-refractivity contribution in [2.45, 2.75) is 51.2 Å². The molecule has 0 spiro atoms. The lowest BCUT2D eigenvalue weighted by Gasteiger charge is -2.14. The first-order chi connectivity index (χ1) is 12.4. The molecule has 2 aromatic rings. The van der Waals surface area contributed by atoms with Gasteiger partial charge in [0.1, 0.15) is 0 Å². The van der Waals surface area contributed by atoms with Crippen LogP contribution in [0.5, 0.6) is 0 Å². The highest BCUT2D eigenvalue weighted by molar-refractivity contribution is 9.10. The number of hydrogen-bond acceptors (Lipinski definition) is 5. The molecule has 0 saturated carbocycles. The number of nitrogens with one attached hydrogen (secondary N) is 1. The van der Waals surface area contributed by atoms with E-state index in [0.29, 0.717) is 16.9 Å². The molecule has 1 aromatic carbocycles. The molecule has 1 atom stereocenters. The molecule has 0 saturated heterocycles. The van der Waals surface area contributed by atoms with Crippen LogP contribution in [0.1, 0.15) is 40.0 Å². The molecule has 3 N–H and O–H groups in total. The van der Waals surface area contributed by atoms with E-state index in [1.54, 1.807) is 0 Å². The lowest BCUT2D eigenvalue weighted by atomic mass is 10.0. The molecule has 6 nitrogen and oxygen atoms in total. The van der Waals surface area contributed by atoms with Gasteiger partial charge in [0, 0.05) is 16.1 Å². The highest BCUT2D eigenvalue weighted by atomic mass is 79.9. The van der Waals surface area contributed by atoms with Gasteiger partial charge in [-0.3, -0.25) is 4.79 Å². The molecule has 0 aliphatic carbocycles. The standard InChI is InChI=1S/C18H26BrN5OS/c1-12(2)7-6-8-13(3)21-16(25)11-26-18-23-22-17(24(18)20)14-9-4-5-10-15(14)19/h4-5,9-10,12-13H,6-8,11,20H2,1-3H3,(H,21,25). The summed E-state index contributed by atoms with van der Waals surface area (Å²) < 4.78 is 2.31. The third kappa shape index (κ3) is 6.02. The van der Waals surface area contributed by atoms with Gasteiger partial charge >= 0.3 is 0 Å². The summed E-state index contributed by atoms with van der Waals surface area (Å²) in [4.78, 5) is 12.1. The Morgan fingerprint density at radius 3 is 2.69 bits per heavy atom. The third-order valence-electron chi connectivity index (χ3n) is 3.94. The van der Waals surface area contributed by atoms with E-state index in [1.165, 1.54) is 22.9 Å². The molecule has 0 radical (unpaired) electrons. The van der Waals surface area contributed by atoms with Gasteiger partial charge in [-0.25, -0.2) is 4.68 Å². The highest BCUT2D eigenvalue weighted by Crippen LogP contribution is 2.27. The number of rotatable bonds is 9. The fourth-order valence-corrected chi connectivity index (χ4v) is 3.68. The zero-order chi connectivity index (χ0) is 19.1. The molecule has 26 heavy (non-hydrogen) atoms. The normalized spacial score (nSPS) is 12.3. The average molecular weight is 440 g/mol. The number of aromatic nitrogens is 3. The predicted octanol–water partition coefficient (Wildman–Crippen LogP) is 3.84. The first kappa shape index (κ1) is 20.8. The quantitative estimate of drug-likeness (QED) is 0.457. The van der Waals surface area contributed by atoms with Crippen LogP contribution in [0.25, 0.3) is 11.4 Å². The molecule has 0 fully saturated rings. The molecule has 0 bridgehead atoms. The zero-order valence-electron chi connectivity index (χ0n) is 15.4. The molecular formula is C18H26BrN5OS. The fraction of sp³-hybridized carbons (Fsp3) is 0.500. The Morgan fingerprint density at radius 2 is 2.00 bits per heavy atom. The summed E-state index contributed by atoms with van der Waals surface area (Å²) >= 11 is 4.77. The minimum atomic E-state index is -0.0162. The van der Waals surface area contributed by atoms with Crippen LogP contribution < -0.4 is 11.2 Å². The van der Waals surface area contributed by atoms with Gasteiger partial charge in [0.25, 0.3) is 0 Å². The highest BCUT2D eigenvalue weighted by Gasteiger charge is 2.16. The van der Waals surface area contributed by atoms with E-state index >= 15 is 0 Å². The van der Waals surface area contributed by atoms with E-state index in [4.69, 9.17) is 5.84 Å². The number of nitrogens with zero attached hydrogens (tertiary/aromatic N) is 3. The molecule has 1 amide bonds. The van der Waals surface area contributed by atoms with Gasteiger partial charge in [-0.15, -0.1) is 10.2 Å². The van der Waals surface area contributed by atoms with Crippen LogP contribution in [-0.2, 0) is 4.79 Å². The van der Waals surface area contributed by atoms with Gasteiger partial charge in [0.15, 0.2) is 5.82 Å². The second-order valence-corrected chi connectivity index (χ2v) is 8.53. The van der Waals surface area contributed by atoms with Crippen molar-refractivity contribution < 1.29 is 4.79 Å². The van der Waals surface area contributed by atoms with Crippen LogP contribution in [-0.4, -0.2) is 32.6 Å². The molecule has 1 unspecified atom stereocenters. The Morgan fingerprint density at radius 1 is 1.27 bits per heavy atom. The summed E-state index contributed by atoms with van der Waals surface area (Å²) in [5.74, 6) is 7.61. The fourth-order valence-electron chi connectivity index (χ4n) is 2.55. The first-order valence-electron chi connectivity index (χ1n) is 8.76. The maximum absolute atomic E-state index is 12.1. The largest absolute Gasteiger partial charge is 0.353 e. The first-order valence-corrected chi connectivity index (χ1v) is 10.5. The number of hydrogen-bond donors (Lipinski definition) is 2. The van der Waals surface area contributed by atoms with Crippen LogP contribution in [0.3, 0.4) is 0 Å². The lowest BCUT2D eigenvalue weighted by molar-refractivity contribution is -0.119. The van der Waals surface area contributed by atoms with Crippen molar-refractivity contribution in [2.75, 3.05) is 11.6 Å². The summed E-state index contributed by atoms with van der Waals surface area (Å²) in [5, 5.41) is 11.8. The van der Waals surface area contributed by atoms with E-state index in [9.17, 15) is 4.79 Å². The summed E-state index contributed by atoms with van der Waals surface area (Å²) in [6, 6.07) is 7.85. The second-order valence-electron chi connectivity index (χ2n) is 6.74. The van der Waals surface area contributed by atoms with Crippen LogP contribution >= 0.6 is 27.7 Å². The van der Waals surface area contributed by atoms with Gasteiger partial charge in [0.05, 0.1) is 5.75 Å². The lowest BCUT2D eigenvalue weighted by Crippen LogP contribution is -2.34. The minimum absolute atomic E-state index is 0.0162. The van der Waals surface area contributed by atoms with Crippen molar-refractivity contribution in [3.8, 4) is 11.4 Å². The van der Waals surface area contributed by atoms with Crippen LogP contribution in [0.4, 0.5) is 0 Å². The molecule has 1 heterocycles. The average Bonchev–Trinajstić information content (AvgIpc) is 2.93. The Hall–Kier alpha value is -1.54. The van der Waals surface area contributed by atoms with Crippen LogP contribution in [0.2, 0.25) is 0 Å². The summed E-state index contributed by atoms with van der Waals surface area (Å²) in [5.41, 5.74) is 0.859. The van der Waals surface area contributed by atoms with E-state index in [0.717, 1.165) is 22.9 Å². The number of carbonyl (C=O) groups excluding carboxylic acids is 1. The van der Waals surface area contributed by atoms with Crippen molar-refractivity contribution >= 4 is 33.6 Å². The summed E-state index contributed by atoms with van der Waals surface area (Å²) in [6.45, 7) is 6.47. The Kier molecular flexibility index (Phi) is 7.96. The number of amides is 1. The SMILES string of the molecule is CC(C)CCCC(C)NC(=O)CSc1nnc(-c2ccccc2Br)n1N. The maximum Gasteiger partial charge on any atom is 0.230 e. The third-order valence-corrected chi connectivity index (χ3v) is 5.57. The van der Waals surface area contributed by atoms with Gasteiger partial charge in [-0.1, -0.05) is 66.5 Å². The Bertz CT molecular complexity index is 734. The minimum Gasteiger partial charge on any atom is -0.353 e. The maximum atomic E-state index is 12.1. The van der Waals surface area contributed by atoms with Crippen LogP contribution in [0, 0.1) is 5.92 Å². The summed E-state index contributed by atoms with van der Waals surface area (Å²) in [7, 11) is 0. The smallest absolute Gasteiger partial charge is 0.230 e. The van der Waals surface area contributed by atoms with Gasteiger partial charge in [-0.2, -0.15) is 0 Å². The Labute approximate surface area is 167 Å². The number of benzene rings is 1. The van der Waals surface area contributed by atoms with Crippen molar-refractivity contribution in [3.05, 3.63) is 28.7 Å². The number of carbonyl (C=O) groups is 1. The van der Waals surface area contributed by atoms with E-state index in [2.05, 4.69) is 45.3 Å². The van der Waals surface area contributed by atoms with E-state index in [-0.39, 0.29) is 17.7 Å². The van der Waals surface area contributed by atoms with Crippen molar-refractivity contribution in [2.24, 2.45) is 5.92 Å². The van der Waals surface area contributed by atoms with Crippen molar-refractivity contribution in [3.63, 3.8) is 0 Å². The van der Waals surface area contributed by atoms with Gasteiger partial charge in [-0.05, 0) is 31.4 Å². The molecule has 8 heteroatoms. The monoisotopic (exact) mass is 439 g/mol. The number of nitrogens with two attached hydrogens (primary N) is 1. The topological polar surface area (TPSA) is 85.8 Å².